The van der Waals surface area contributed by atoms with E-state index in [4.69, 9.17) is 5.73 Å². The normalized spacial score (nSPS) is 24.4. The quantitative estimate of drug-likeness (QED) is 0.506. The number of hydrogen-bond acceptors (Lipinski definition) is 1. The van der Waals surface area contributed by atoms with Crippen LogP contribution in [0.4, 0.5) is 0 Å². The molecule has 22 heavy (non-hydrogen) atoms. The lowest BCUT2D eigenvalue weighted by atomic mass is 10.0. The Labute approximate surface area is 140 Å². The molecule has 0 aromatic rings. The van der Waals surface area contributed by atoms with Gasteiger partial charge in [0.15, 0.2) is 0 Å². The Hall–Kier alpha value is -0.0400. The van der Waals surface area contributed by atoms with Gasteiger partial charge in [-0.3, -0.25) is 0 Å². The van der Waals surface area contributed by atoms with Gasteiger partial charge in [0.25, 0.3) is 0 Å². The third kappa shape index (κ3) is 13.6. The number of nitrogens with two attached hydrogens (primary N) is 1. The van der Waals surface area contributed by atoms with Crippen LogP contribution in [0.2, 0.25) is 0 Å². The minimum Gasteiger partial charge on any atom is -0.328 e. The molecule has 0 saturated heterocycles. The monoisotopic (exact) mass is 309 g/mol. The predicted molar refractivity (Wildman–Crippen MR) is 100 cm³/mol. The lowest BCUT2D eigenvalue weighted by molar-refractivity contribution is 0.481. The van der Waals surface area contributed by atoms with Crippen LogP contribution in [0.15, 0.2) is 0 Å². The van der Waals surface area contributed by atoms with Crippen LogP contribution in [-0.4, -0.2) is 6.04 Å². The minimum atomic E-state index is 0.481. The zero-order valence-electron chi connectivity index (χ0n) is 15.3. The van der Waals surface area contributed by atoms with Crippen molar-refractivity contribution in [3.8, 4) is 0 Å². The van der Waals surface area contributed by atoms with Gasteiger partial charge in [-0.2, -0.15) is 0 Å². The molecule has 0 aliphatic heterocycles. The van der Waals surface area contributed by atoms with Gasteiger partial charge in [0.2, 0.25) is 0 Å². The second-order valence-electron chi connectivity index (χ2n) is 7.70. The third-order valence-corrected chi connectivity index (χ3v) is 5.40. The van der Waals surface area contributed by atoms with Crippen molar-refractivity contribution in [1.29, 1.82) is 0 Å². The highest BCUT2D eigenvalue weighted by Crippen LogP contribution is 2.16. The molecule has 1 heteroatoms. The topological polar surface area (TPSA) is 26.0 Å². The molecule has 1 rings (SSSR count). The molecule has 2 N–H and O–H groups in total. The van der Waals surface area contributed by atoms with Gasteiger partial charge in [0.05, 0.1) is 0 Å². The molecule has 0 spiro atoms. The smallest absolute Gasteiger partial charge is 0.00388 e. The molecule has 1 saturated carbocycles. The van der Waals surface area contributed by atoms with Crippen LogP contribution in [0.1, 0.15) is 128 Å². The maximum atomic E-state index is 6.24. The summed E-state index contributed by atoms with van der Waals surface area (Å²) in [5.41, 5.74) is 6.24. The Kier molecular flexibility index (Phi) is 14.4. The molecule has 0 atom stereocenters. The van der Waals surface area contributed by atoms with Crippen molar-refractivity contribution in [2.24, 2.45) is 5.73 Å². The molecule has 0 radical (unpaired) electrons. The van der Waals surface area contributed by atoms with Crippen molar-refractivity contribution < 1.29 is 0 Å². The van der Waals surface area contributed by atoms with E-state index >= 15 is 0 Å². The summed E-state index contributed by atoms with van der Waals surface area (Å²) in [7, 11) is 0. The molecule has 1 fully saturated rings. The third-order valence-electron chi connectivity index (χ3n) is 5.40. The first-order valence-corrected chi connectivity index (χ1v) is 10.6. The van der Waals surface area contributed by atoms with Crippen LogP contribution in [0.5, 0.6) is 0 Å². The van der Waals surface area contributed by atoms with Crippen molar-refractivity contribution in [2.45, 2.75) is 134 Å². The first kappa shape index (κ1) is 20.0. The van der Waals surface area contributed by atoms with Crippen LogP contribution in [0, 0.1) is 0 Å². The summed E-state index contributed by atoms with van der Waals surface area (Å²) in [6, 6.07) is 0.481. The van der Waals surface area contributed by atoms with Gasteiger partial charge in [-0.25, -0.2) is 0 Å². The first-order valence-electron chi connectivity index (χ1n) is 10.6. The summed E-state index contributed by atoms with van der Waals surface area (Å²) in [6.07, 6.45) is 28.6. The highest BCUT2D eigenvalue weighted by Gasteiger charge is 2.02. The van der Waals surface area contributed by atoms with Gasteiger partial charge < -0.3 is 5.73 Å². The van der Waals surface area contributed by atoms with Crippen LogP contribution < -0.4 is 5.73 Å². The van der Waals surface area contributed by atoms with E-state index in [2.05, 4.69) is 0 Å². The van der Waals surface area contributed by atoms with E-state index in [0.29, 0.717) is 6.04 Å². The molecule has 1 nitrogen and oxygen atoms in total. The predicted octanol–water partition coefficient (Wildman–Crippen LogP) is 7.13. The van der Waals surface area contributed by atoms with Crippen molar-refractivity contribution in [3.63, 3.8) is 0 Å². The van der Waals surface area contributed by atoms with E-state index in [1.807, 2.05) is 0 Å². The van der Waals surface area contributed by atoms with E-state index in [9.17, 15) is 0 Å². The summed E-state index contributed by atoms with van der Waals surface area (Å²) >= 11 is 0. The standard InChI is InChI=1S/C21H43N/c22-21-19-17-15-13-11-9-7-5-3-1-2-4-6-8-10-12-14-16-18-20-21/h21H,1-20,22H2. The van der Waals surface area contributed by atoms with Crippen molar-refractivity contribution >= 4 is 0 Å². The molecule has 1 aliphatic rings. The van der Waals surface area contributed by atoms with E-state index in [1.54, 1.807) is 0 Å². The second kappa shape index (κ2) is 15.8. The summed E-state index contributed by atoms with van der Waals surface area (Å²) in [5, 5.41) is 0. The van der Waals surface area contributed by atoms with Gasteiger partial charge in [-0.15, -0.1) is 0 Å². The summed E-state index contributed by atoms with van der Waals surface area (Å²) in [5.74, 6) is 0. The van der Waals surface area contributed by atoms with Crippen molar-refractivity contribution in [2.75, 3.05) is 0 Å². The molecular formula is C21H43N. The molecule has 0 aromatic carbocycles. The van der Waals surface area contributed by atoms with Gasteiger partial charge in [0, 0.05) is 6.04 Å². The first-order chi connectivity index (χ1) is 10.9. The van der Waals surface area contributed by atoms with Gasteiger partial charge in [-0.05, 0) is 12.8 Å². The molecule has 0 unspecified atom stereocenters. The van der Waals surface area contributed by atoms with Crippen molar-refractivity contribution in [1.82, 2.24) is 0 Å². The SMILES string of the molecule is NC1CCCCCCCCCCCCCCCCCCCC1. The maximum Gasteiger partial charge on any atom is 0.00388 e. The average molecular weight is 310 g/mol. The second-order valence-corrected chi connectivity index (χ2v) is 7.70. The summed E-state index contributed by atoms with van der Waals surface area (Å²) in [4.78, 5) is 0. The molecule has 0 heterocycles. The lowest BCUT2D eigenvalue weighted by Gasteiger charge is -2.11. The van der Waals surface area contributed by atoms with Gasteiger partial charge in [0.1, 0.15) is 0 Å². The maximum absolute atomic E-state index is 6.24. The van der Waals surface area contributed by atoms with E-state index in [-0.39, 0.29) is 0 Å². The van der Waals surface area contributed by atoms with E-state index < -0.39 is 0 Å². The Bertz CT molecular complexity index is 192. The lowest BCUT2D eigenvalue weighted by Crippen LogP contribution is -2.19. The van der Waals surface area contributed by atoms with Gasteiger partial charge in [-0.1, -0.05) is 116 Å². The Morgan fingerprint density at radius 1 is 0.318 bits per heavy atom. The Balaban J connectivity index is 2.08. The Morgan fingerprint density at radius 2 is 0.500 bits per heavy atom. The summed E-state index contributed by atoms with van der Waals surface area (Å²) in [6.45, 7) is 0. The fourth-order valence-electron chi connectivity index (χ4n) is 3.79. The van der Waals surface area contributed by atoms with E-state index in [0.717, 1.165) is 0 Å². The van der Waals surface area contributed by atoms with E-state index in [1.165, 1.54) is 128 Å². The van der Waals surface area contributed by atoms with Gasteiger partial charge >= 0.3 is 0 Å². The van der Waals surface area contributed by atoms with Crippen LogP contribution in [0.3, 0.4) is 0 Å². The number of rotatable bonds is 0. The largest absolute Gasteiger partial charge is 0.328 e. The highest BCUT2D eigenvalue weighted by atomic mass is 14.6. The van der Waals surface area contributed by atoms with Crippen LogP contribution in [-0.2, 0) is 0 Å². The van der Waals surface area contributed by atoms with Crippen molar-refractivity contribution in [3.05, 3.63) is 0 Å². The molecule has 1 aliphatic carbocycles. The van der Waals surface area contributed by atoms with Crippen LogP contribution in [0.25, 0.3) is 0 Å². The molecular weight excluding hydrogens is 266 g/mol. The molecule has 0 bridgehead atoms. The number of hydrogen-bond donors (Lipinski definition) is 1. The zero-order chi connectivity index (χ0) is 15.7. The molecule has 0 aromatic heterocycles. The molecule has 0 amide bonds. The summed E-state index contributed by atoms with van der Waals surface area (Å²) < 4.78 is 0. The molecule has 132 valence electrons. The van der Waals surface area contributed by atoms with Crippen LogP contribution >= 0.6 is 0 Å². The fraction of sp³-hybridized carbons (Fsp3) is 1.00. The fourth-order valence-corrected chi connectivity index (χ4v) is 3.79. The zero-order valence-corrected chi connectivity index (χ0v) is 15.3. The highest BCUT2D eigenvalue weighted by molar-refractivity contribution is 4.62. The Morgan fingerprint density at radius 3 is 0.727 bits per heavy atom. The minimum absolute atomic E-state index is 0.481. The average Bonchev–Trinajstić information content (AvgIpc) is 2.52.